The van der Waals surface area contributed by atoms with Crippen molar-refractivity contribution < 1.29 is 9.90 Å². The number of carbonyl (C=O) groups is 1. The standard InChI is InChI=1S/C11H12N2O2/c1-3-8-6(2)10(13)9(11(14)15)4-7(8)5-12/h4H,3,13H2,1-2H3,(H,14,15). The molecule has 0 bridgehead atoms. The summed E-state index contributed by atoms with van der Waals surface area (Å²) < 4.78 is 0. The molecule has 4 nitrogen and oxygen atoms in total. The van der Waals surface area contributed by atoms with Gasteiger partial charge in [-0.3, -0.25) is 0 Å². The van der Waals surface area contributed by atoms with Crippen molar-refractivity contribution in [2.75, 3.05) is 5.73 Å². The Bertz CT molecular complexity index is 459. The second-order valence-electron chi connectivity index (χ2n) is 3.26. The van der Waals surface area contributed by atoms with Crippen molar-refractivity contribution in [3.63, 3.8) is 0 Å². The Labute approximate surface area is 87.9 Å². The van der Waals surface area contributed by atoms with Gasteiger partial charge in [0.25, 0.3) is 0 Å². The highest BCUT2D eigenvalue weighted by Crippen LogP contribution is 2.25. The summed E-state index contributed by atoms with van der Waals surface area (Å²) in [5.74, 6) is -1.10. The van der Waals surface area contributed by atoms with Crippen LogP contribution in [-0.4, -0.2) is 11.1 Å². The van der Waals surface area contributed by atoms with Gasteiger partial charge in [0.15, 0.2) is 0 Å². The Morgan fingerprint density at radius 2 is 2.27 bits per heavy atom. The topological polar surface area (TPSA) is 87.1 Å². The number of anilines is 1. The van der Waals surface area contributed by atoms with Gasteiger partial charge in [-0.25, -0.2) is 4.79 Å². The number of hydrogen-bond donors (Lipinski definition) is 2. The molecule has 0 unspecified atom stereocenters. The minimum absolute atomic E-state index is 0.00116. The van der Waals surface area contributed by atoms with E-state index >= 15 is 0 Å². The van der Waals surface area contributed by atoms with Crippen LogP contribution in [-0.2, 0) is 6.42 Å². The highest BCUT2D eigenvalue weighted by Gasteiger charge is 2.15. The Balaban J connectivity index is 3.59. The molecule has 0 atom stereocenters. The third kappa shape index (κ3) is 1.77. The molecule has 0 radical (unpaired) electrons. The number of aromatic carboxylic acids is 1. The van der Waals surface area contributed by atoms with Crippen LogP contribution in [0.25, 0.3) is 0 Å². The highest BCUT2D eigenvalue weighted by molar-refractivity contribution is 5.95. The molecule has 78 valence electrons. The number of carboxylic acid groups (broad SMARTS) is 1. The maximum atomic E-state index is 10.9. The van der Waals surface area contributed by atoms with Crippen LogP contribution in [0.4, 0.5) is 5.69 Å². The van der Waals surface area contributed by atoms with E-state index in [0.29, 0.717) is 17.5 Å². The molecule has 0 fully saturated rings. The van der Waals surface area contributed by atoms with Crippen molar-refractivity contribution >= 4 is 11.7 Å². The average Bonchev–Trinajstić information content (AvgIpc) is 2.21. The smallest absolute Gasteiger partial charge is 0.337 e. The van der Waals surface area contributed by atoms with Crippen LogP contribution in [0.1, 0.15) is 34.0 Å². The summed E-state index contributed by atoms with van der Waals surface area (Å²) >= 11 is 0. The second-order valence-corrected chi connectivity index (χ2v) is 3.26. The summed E-state index contributed by atoms with van der Waals surface area (Å²) in [6.07, 6.45) is 0.666. The monoisotopic (exact) mass is 204 g/mol. The molecule has 0 saturated carbocycles. The number of rotatable bonds is 2. The molecular weight excluding hydrogens is 192 g/mol. The minimum atomic E-state index is -1.10. The predicted octanol–water partition coefficient (Wildman–Crippen LogP) is 1.71. The van der Waals surface area contributed by atoms with Gasteiger partial charge in [0.2, 0.25) is 0 Å². The Hall–Kier alpha value is -2.02. The first-order valence-electron chi connectivity index (χ1n) is 4.58. The molecule has 0 heterocycles. The lowest BCUT2D eigenvalue weighted by Crippen LogP contribution is -2.08. The highest BCUT2D eigenvalue weighted by atomic mass is 16.4. The first-order chi connectivity index (χ1) is 7.02. The molecule has 1 aromatic rings. The fourth-order valence-electron chi connectivity index (χ4n) is 1.61. The lowest BCUT2D eigenvalue weighted by atomic mass is 9.95. The second kappa shape index (κ2) is 4.01. The van der Waals surface area contributed by atoms with Gasteiger partial charge in [-0.05, 0) is 30.5 Å². The van der Waals surface area contributed by atoms with E-state index in [9.17, 15) is 4.79 Å². The van der Waals surface area contributed by atoms with Crippen LogP contribution >= 0.6 is 0 Å². The summed E-state index contributed by atoms with van der Waals surface area (Å²) in [4.78, 5) is 10.9. The van der Waals surface area contributed by atoms with Crippen molar-refractivity contribution in [3.8, 4) is 6.07 Å². The zero-order valence-corrected chi connectivity index (χ0v) is 8.66. The van der Waals surface area contributed by atoms with Gasteiger partial charge in [0.05, 0.1) is 17.2 Å². The molecule has 15 heavy (non-hydrogen) atoms. The Morgan fingerprint density at radius 3 is 2.67 bits per heavy atom. The lowest BCUT2D eigenvalue weighted by molar-refractivity contribution is 0.0698. The van der Waals surface area contributed by atoms with Crippen LogP contribution in [0.5, 0.6) is 0 Å². The van der Waals surface area contributed by atoms with E-state index in [1.54, 1.807) is 6.92 Å². The van der Waals surface area contributed by atoms with Gasteiger partial charge in [-0.1, -0.05) is 6.92 Å². The first kappa shape index (κ1) is 11.1. The fraction of sp³-hybridized carbons (Fsp3) is 0.273. The number of nitriles is 1. The van der Waals surface area contributed by atoms with Crippen molar-refractivity contribution in [1.82, 2.24) is 0 Å². The zero-order valence-electron chi connectivity index (χ0n) is 8.66. The van der Waals surface area contributed by atoms with E-state index in [4.69, 9.17) is 16.1 Å². The number of hydrogen-bond acceptors (Lipinski definition) is 3. The van der Waals surface area contributed by atoms with E-state index in [1.807, 2.05) is 13.0 Å². The minimum Gasteiger partial charge on any atom is -0.478 e. The zero-order chi connectivity index (χ0) is 11.6. The van der Waals surface area contributed by atoms with Gasteiger partial charge in [-0.2, -0.15) is 5.26 Å². The third-order valence-corrected chi connectivity index (χ3v) is 2.47. The fourth-order valence-corrected chi connectivity index (χ4v) is 1.61. The third-order valence-electron chi connectivity index (χ3n) is 2.47. The molecule has 0 aliphatic heterocycles. The van der Waals surface area contributed by atoms with E-state index in [2.05, 4.69) is 0 Å². The molecule has 0 aliphatic carbocycles. The number of nitrogens with two attached hydrogens (primary N) is 1. The molecule has 0 spiro atoms. The van der Waals surface area contributed by atoms with E-state index in [0.717, 1.165) is 5.56 Å². The van der Waals surface area contributed by atoms with Gasteiger partial charge in [0, 0.05) is 5.69 Å². The van der Waals surface area contributed by atoms with Gasteiger partial charge < -0.3 is 10.8 Å². The maximum Gasteiger partial charge on any atom is 0.337 e. The number of benzene rings is 1. The van der Waals surface area contributed by atoms with Crippen LogP contribution in [0, 0.1) is 18.3 Å². The summed E-state index contributed by atoms with van der Waals surface area (Å²) in [6, 6.07) is 3.33. The van der Waals surface area contributed by atoms with E-state index in [1.165, 1.54) is 6.07 Å². The maximum absolute atomic E-state index is 10.9. The lowest BCUT2D eigenvalue weighted by Gasteiger charge is -2.11. The summed E-state index contributed by atoms with van der Waals surface area (Å²) in [5.41, 5.74) is 7.84. The van der Waals surface area contributed by atoms with Gasteiger partial charge in [0.1, 0.15) is 0 Å². The normalized spacial score (nSPS) is 9.67. The molecule has 1 aromatic carbocycles. The molecule has 0 aromatic heterocycles. The van der Waals surface area contributed by atoms with Crippen LogP contribution < -0.4 is 5.73 Å². The average molecular weight is 204 g/mol. The van der Waals surface area contributed by atoms with Gasteiger partial charge >= 0.3 is 5.97 Å². The van der Waals surface area contributed by atoms with Crippen molar-refractivity contribution in [2.45, 2.75) is 20.3 Å². The molecule has 3 N–H and O–H groups in total. The Morgan fingerprint density at radius 1 is 1.67 bits per heavy atom. The number of carboxylic acids is 1. The first-order valence-corrected chi connectivity index (χ1v) is 4.58. The Kier molecular flexibility index (Phi) is 2.96. The summed E-state index contributed by atoms with van der Waals surface area (Å²) in [5, 5.41) is 17.8. The summed E-state index contributed by atoms with van der Waals surface area (Å²) in [6.45, 7) is 3.64. The van der Waals surface area contributed by atoms with Crippen molar-refractivity contribution in [1.29, 1.82) is 5.26 Å². The molecule has 4 heteroatoms. The van der Waals surface area contributed by atoms with E-state index < -0.39 is 5.97 Å². The molecular formula is C11H12N2O2. The number of nitrogen functional groups attached to an aromatic ring is 1. The molecule has 0 saturated heterocycles. The van der Waals surface area contributed by atoms with Gasteiger partial charge in [-0.15, -0.1) is 0 Å². The van der Waals surface area contributed by atoms with Crippen molar-refractivity contribution in [3.05, 3.63) is 28.3 Å². The molecule has 1 rings (SSSR count). The molecule has 0 aliphatic rings. The quantitative estimate of drug-likeness (QED) is 0.718. The summed E-state index contributed by atoms with van der Waals surface area (Å²) in [7, 11) is 0. The van der Waals surface area contributed by atoms with E-state index in [-0.39, 0.29) is 11.3 Å². The predicted molar refractivity (Wildman–Crippen MR) is 56.6 cm³/mol. The SMILES string of the molecule is CCc1c(C#N)cc(C(=O)O)c(N)c1C. The molecule has 0 amide bonds. The largest absolute Gasteiger partial charge is 0.478 e. The number of nitrogens with zero attached hydrogens (tertiary/aromatic N) is 1. The van der Waals surface area contributed by atoms with Crippen LogP contribution in [0.2, 0.25) is 0 Å². The van der Waals surface area contributed by atoms with Crippen LogP contribution in [0.3, 0.4) is 0 Å². The van der Waals surface area contributed by atoms with Crippen molar-refractivity contribution in [2.24, 2.45) is 0 Å². The van der Waals surface area contributed by atoms with Crippen LogP contribution in [0.15, 0.2) is 6.07 Å².